The van der Waals surface area contributed by atoms with E-state index in [1.165, 1.54) is 13.4 Å². The molecule has 152 valence electrons. The van der Waals surface area contributed by atoms with Crippen LogP contribution in [0.25, 0.3) is 0 Å². The van der Waals surface area contributed by atoms with Crippen molar-refractivity contribution >= 4 is 40.4 Å². The zero-order chi connectivity index (χ0) is 21.3. The zero-order valence-electron chi connectivity index (χ0n) is 16.8. The van der Waals surface area contributed by atoms with Crippen LogP contribution in [0.1, 0.15) is 29.8 Å². The number of methoxy groups -OCH3 is 1. The molecule has 3 aromatic rings. The van der Waals surface area contributed by atoms with Crippen molar-refractivity contribution in [3.05, 3.63) is 66.1 Å². The van der Waals surface area contributed by atoms with Crippen molar-refractivity contribution < 1.29 is 14.3 Å². The highest BCUT2D eigenvalue weighted by Crippen LogP contribution is 2.37. The Morgan fingerprint density at radius 1 is 1.03 bits per heavy atom. The summed E-state index contributed by atoms with van der Waals surface area (Å²) < 4.78 is 4.91. The minimum absolute atomic E-state index is 0.238. The molecule has 1 amide bonds. The maximum Gasteiger partial charge on any atom is 0.315 e. The number of amides is 1. The Morgan fingerprint density at radius 2 is 1.87 bits per heavy atom. The molecule has 0 aliphatic carbocycles. The second-order valence-corrected chi connectivity index (χ2v) is 7.44. The van der Waals surface area contributed by atoms with Crippen LogP contribution in [0.2, 0.25) is 0 Å². The first kappa shape index (κ1) is 19.4. The standard InChI is InChI=1S/C22H21N5O3/c1-22(2,21(29)30-3)13-4-7-16-18(10-13)27-20(28)15-6-5-14(11-17(15)26-16)25-19-8-9-23-12-24-19/h4-12,26H,1-3H3,(H,27,28)(H,23,24,25). The van der Waals surface area contributed by atoms with E-state index >= 15 is 0 Å². The Balaban J connectivity index is 1.67. The van der Waals surface area contributed by atoms with Gasteiger partial charge in [0.1, 0.15) is 12.1 Å². The van der Waals surface area contributed by atoms with Gasteiger partial charge in [-0.3, -0.25) is 9.59 Å². The molecule has 0 unspecified atom stereocenters. The number of esters is 1. The summed E-state index contributed by atoms with van der Waals surface area (Å²) in [5, 5.41) is 9.42. The topological polar surface area (TPSA) is 105 Å². The third-order valence-corrected chi connectivity index (χ3v) is 5.07. The van der Waals surface area contributed by atoms with Crippen molar-refractivity contribution in [1.29, 1.82) is 0 Å². The number of rotatable bonds is 4. The van der Waals surface area contributed by atoms with E-state index in [1.54, 1.807) is 38.2 Å². The van der Waals surface area contributed by atoms with Gasteiger partial charge in [0.05, 0.1) is 35.2 Å². The number of nitrogens with one attached hydrogen (secondary N) is 3. The number of nitrogens with zero attached hydrogens (tertiary/aromatic N) is 2. The van der Waals surface area contributed by atoms with Crippen molar-refractivity contribution in [3.63, 3.8) is 0 Å². The van der Waals surface area contributed by atoms with Crippen LogP contribution < -0.4 is 16.0 Å². The Bertz CT molecular complexity index is 1130. The van der Waals surface area contributed by atoms with Crippen LogP contribution in [0.5, 0.6) is 0 Å². The van der Waals surface area contributed by atoms with Crippen molar-refractivity contribution in [2.24, 2.45) is 0 Å². The highest BCUT2D eigenvalue weighted by atomic mass is 16.5. The van der Waals surface area contributed by atoms with Gasteiger partial charge in [-0.05, 0) is 55.8 Å². The monoisotopic (exact) mass is 403 g/mol. The average Bonchev–Trinajstić information content (AvgIpc) is 2.88. The lowest BCUT2D eigenvalue weighted by atomic mass is 9.84. The summed E-state index contributed by atoms with van der Waals surface area (Å²) in [6, 6.07) is 12.6. The molecule has 30 heavy (non-hydrogen) atoms. The van der Waals surface area contributed by atoms with E-state index in [0.29, 0.717) is 22.8 Å². The van der Waals surface area contributed by atoms with Gasteiger partial charge in [0.15, 0.2) is 0 Å². The number of aromatic nitrogens is 2. The number of benzene rings is 2. The molecule has 1 aliphatic heterocycles. The molecule has 3 N–H and O–H groups in total. The van der Waals surface area contributed by atoms with E-state index in [9.17, 15) is 9.59 Å². The third-order valence-electron chi connectivity index (χ3n) is 5.07. The fourth-order valence-corrected chi connectivity index (χ4v) is 3.29. The third kappa shape index (κ3) is 3.55. The summed E-state index contributed by atoms with van der Waals surface area (Å²) in [6.07, 6.45) is 3.11. The minimum Gasteiger partial charge on any atom is -0.468 e. The first-order valence-electron chi connectivity index (χ1n) is 9.37. The van der Waals surface area contributed by atoms with Crippen molar-refractivity contribution in [2.45, 2.75) is 19.3 Å². The van der Waals surface area contributed by atoms with Crippen molar-refractivity contribution in [2.75, 3.05) is 23.1 Å². The number of fused-ring (bicyclic) bond motifs is 2. The predicted octanol–water partition coefficient (Wildman–Crippen LogP) is 3.98. The molecule has 0 radical (unpaired) electrons. The van der Waals surface area contributed by atoms with Crippen LogP contribution >= 0.6 is 0 Å². The maximum atomic E-state index is 12.8. The van der Waals surface area contributed by atoms with Crippen LogP contribution in [0, 0.1) is 0 Å². The second-order valence-electron chi connectivity index (χ2n) is 7.44. The number of carbonyl (C=O) groups excluding carboxylic acids is 2. The number of anilines is 5. The van der Waals surface area contributed by atoms with Crippen LogP contribution in [-0.4, -0.2) is 29.0 Å². The molecule has 2 heterocycles. The van der Waals surface area contributed by atoms with Crippen molar-refractivity contribution in [1.82, 2.24) is 9.97 Å². The van der Waals surface area contributed by atoms with Gasteiger partial charge in [0.25, 0.3) is 5.91 Å². The second kappa shape index (κ2) is 7.47. The molecule has 0 fully saturated rings. The van der Waals surface area contributed by atoms with Gasteiger partial charge in [-0.15, -0.1) is 0 Å². The molecular weight excluding hydrogens is 382 g/mol. The lowest BCUT2D eigenvalue weighted by molar-refractivity contribution is -0.146. The smallest absolute Gasteiger partial charge is 0.315 e. The van der Waals surface area contributed by atoms with E-state index in [-0.39, 0.29) is 11.9 Å². The van der Waals surface area contributed by atoms with Gasteiger partial charge in [-0.25, -0.2) is 9.97 Å². The van der Waals surface area contributed by atoms with Gasteiger partial charge >= 0.3 is 5.97 Å². The SMILES string of the molecule is COC(=O)C(C)(C)c1ccc2c(c1)NC(=O)c1ccc(Nc3ccncn3)cc1N2. The largest absolute Gasteiger partial charge is 0.468 e. The molecule has 0 atom stereocenters. The molecule has 0 saturated heterocycles. The van der Waals surface area contributed by atoms with Crippen LogP contribution in [0.3, 0.4) is 0 Å². The summed E-state index contributed by atoms with van der Waals surface area (Å²) >= 11 is 0. The van der Waals surface area contributed by atoms with Crippen LogP contribution in [-0.2, 0) is 14.9 Å². The predicted molar refractivity (Wildman–Crippen MR) is 114 cm³/mol. The summed E-state index contributed by atoms with van der Waals surface area (Å²) in [5.74, 6) is 0.0649. The molecule has 1 aliphatic rings. The molecule has 8 heteroatoms. The average molecular weight is 403 g/mol. The maximum absolute atomic E-state index is 12.8. The summed E-state index contributed by atoms with van der Waals surface area (Å²) in [6.45, 7) is 3.57. The van der Waals surface area contributed by atoms with Gasteiger partial charge < -0.3 is 20.7 Å². The number of hydrogen-bond donors (Lipinski definition) is 3. The highest BCUT2D eigenvalue weighted by Gasteiger charge is 2.32. The molecule has 1 aromatic heterocycles. The molecule has 0 bridgehead atoms. The fraction of sp³-hybridized carbons (Fsp3) is 0.182. The van der Waals surface area contributed by atoms with Crippen molar-refractivity contribution in [3.8, 4) is 0 Å². The van der Waals surface area contributed by atoms with Gasteiger partial charge in [-0.2, -0.15) is 0 Å². The van der Waals surface area contributed by atoms with Crippen LogP contribution in [0.4, 0.5) is 28.6 Å². The number of carbonyl (C=O) groups is 2. The summed E-state index contributed by atoms with van der Waals surface area (Å²) in [5.41, 5.74) is 3.16. The molecule has 2 aromatic carbocycles. The fourth-order valence-electron chi connectivity index (χ4n) is 3.29. The Kier molecular flexibility index (Phi) is 4.83. The van der Waals surface area contributed by atoms with E-state index in [0.717, 1.165) is 16.9 Å². The lowest BCUT2D eigenvalue weighted by Crippen LogP contribution is -2.30. The first-order chi connectivity index (χ1) is 14.4. The van der Waals surface area contributed by atoms with Gasteiger partial charge in [0.2, 0.25) is 0 Å². The quantitative estimate of drug-likeness (QED) is 0.566. The molecular formula is C22H21N5O3. The molecule has 0 spiro atoms. The first-order valence-corrected chi connectivity index (χ1v) is 9.37. The normalized spacial score (nSPS) is 12.6. The van der Waals surface area contributed by atoms with Crippen LogP contribution in [0.15, 0.2) is 55.0 Å². The van der Waals surface area contributed by atoms with E-state index < -0.39 is 5.41 Å². The Hall–Kier alpha value is -3.94. The van der Waals surface area contributed by atoms with Gasteiger partial charge in [0, 0.05) is 11.9 Å². The zero-order valence-corrected chi connectivity index (χ0v) is 16.8. The van der Waals surface area contributed by atoms with E-state index in [2.05, 4.69) is 25.9 Å². The highest BCUT2D eigenvalue weighted by molar-refractivity contribution is 6.12. The van der Waals surface area contributed by atoms with E-state index in [4.69, 9.17) is 4.74 Å². The number of hydrogen-bond acceptors (Lipinski definition) is 7. The molecule has 0 saturated carbocycles. The molecule has 8 nitrogen and oxygen atoms in total. The Labute approximate surface area is 173 Å². The van der Waals surface area contributed by atoms with E-state index in [1.807, 2.05) is 24.3 Å². The Morgan fingerprint density at radius 3 is 2.60 bits per heavy atom. The van der Waals surface area contributed by atoms with Gasteiger partial charge in [-0.1, -0.05) is 6.07 Å². The summed E-state index contributed by atoms with van der Waals surface area (Å²) in [4.78, 5) is 33.0. The summed E-state index contributed by atoms with van der Waals surface area (Å²) in [7, 11) is 1.36. The minimum atomic E-state index is -0.845. The lowest BCUT2D eigenvalue weighted by Gasteiger charge is -2.23. The number of ether oxygens (including phenoxy) is 1. The molecule has 4 rings (SSSR count).